The van der Waals surface area contributed by atoms with Gasteiger partial charge >= 0.3 is 59.1 Å². The molecule has 3 rings (SSSR count). The van der Waals surface area contributed by atoms with Crippen molar-refractivity contribution >= 4 is 64.9 Å². The summed E-state index contributed by atoms with van der Waals surface area (Å²) < 4.78 is 10.8. The summed E-state index contributed by atoms with van der Waals surface area (Å²) in [7, 11) is 1.43. The van der Waals surface area contributed by atoms with Gasteiger partial charge in [-0.3, -0.25) is 4.79 Å². The zero-order chi connectivity index (χ0) is 15.9. The predicted octanol–water partition coefficient (Wildman–Crippen LogP) is 1.22. The van der Waals surface area contributed by atoms with Gasteiger partial charge in [0.25, 0.3) is 0 Å². The van der Waals surface area contributed by atoms with Crippen LogP contribution in [0.4, 0.5) is 0 Å². The summed E-state index contributed by atoms with van der Waals surface area (Å²) in [6.07, 6.45) is -0.546. The van der Waals surface area contributed by atoms with E-state index in [4.69, 9.17) is 9.47 Å². The zero-order valence-corrected chi connectivity index (χ0v) is 11.7. The third-order valence-electron chi connectivity index (χ3n) is 3.56. The van der Waals surface area contributed by atoms with Crippen molar-refractivity contribution in [2.75, 3.05) is 7.11 Å². The summed E-state index contributed by atoms with van der Waals surface area (Å²) in [6, 6.07) is 7.06. The SMILES string of the molecule is COc1cc([C@@H]2CC(=O)c3c(O)cc(O)cc3O2)ccc1O.[NaH].[NaH]. The summed E-state index contributed by atoms with van der Waals surface area (Å²) in [5.41, 5.74) is 0.719. The Morgan fingerprint density at radius 2 is 1.79 bits per heavy atom. The first-order valence-corrected chi connectivity index (χ1v) is 6.62. The molecule has 24 heavy (non-hydrogen) atoms. The number of phenolic OH excluding ortho intramolecular Hbond substituents is 3. The molecule has 2 aromatic carbocycles. The topological polar surface area (TPSA) is 96.2 Å². The van der Waals surface area contributed by atoms with Crippen LogP contribution in [0.3, 0.4) is 0 Å². The Bertz CT molecular complexity index is 762. The van der Waals surface area contributed by atoms with E-state index in [2.05, 4.69) is 0 Å². The van der Waals surface area contributed by atoms with Crippen LogP contribution in [0.5, 0.6) is 28.7 Å². The Balaban J connectivity index is 0.00000144. The second-order valence-electron chi connectivity index (χ2n) is 5.00. The minimum atomic E-state index is -0.587. The Kier molecular flexibility index (Phi) is 7.46. The monoisotopic (exact) mass is 350 g/mol. The predicted molar refractivity (Wildman–Crippen MR) is 91.0 cm³/mol. The second-order valence-corrected chi connectivity index (χ2v) is 5.00. The number of rotatable bonds is 2. The zero-order valence-electron chi connectivity index (χ0n) is 11.7. The van der Waals surface area contributed by atoms with Crippen LogP contribution < -0.4 is 9.47 Å². The quantitative estimate of drug-likeness (QED) is 0.705. The molecule has 1 atom stereocenters. The van der Waals surface area contributed by atoms with Crippen molar-refractivity contribution in [3.8, 4) is 28.7 Å². The first-order chi connectivity index (χ1) is 10.5. The van der Waals surface area contributed by atoms with E-state index in [1.807, 2.05) is 0 Å². The molecule has 0 amide bonds. The molecule has 0 saturated carbocycles. The van der Waals surface area contributed by atoms with Crippen LogP contribution in [-0.4, -0.2) is 87.3 Å². The van der Waals surface area contributed by atoms with Gasteiger partial charge in [-0.1, -0.05) is 6.07 Å². The van der Waals surface area contributed by atoms with Gasteiger partial charge in [-0.15, -0.1) is 0 Å². The summed E-state index contributed by atoms with van der Waals surface area (Å²) in [4.78, 5) is 12.2. The van der Waals surface area contributed by atoms with Crippen LogP contribution in [0.2, 0.25) is 0 Å². The fraction of sp³-hybridized carbons (Fsp3) is 0.188. The molecule has 0 aliphatic carbocycles. The summed E-state index contributed by atoms with van der Waals surface area (Å²) in [5.74, 6) is -0.376. The Labute approximate surface area is 183 Å². The van der Waals surface area contributed by atoms with Crippen LogP contribution in [0.1, 0.15) is 28.4 Å². The Hall–Kier alpha value is -0.890. The molecule has 0 aromatic heterocycles. The number of Topliss-reactive ketones (excluding diaryl/α,β-unsaturated/α-hetero) is 1. The third kappa shape index (κ3) is 4.02. The molecule has 118 valence electrons. The van der Waals surface area contributed by atoms with Crippen LogP contribution in [0.25, 0.3) is 0 Å². The summed E-state index contributed by atoms with van der Waals surface area (Å²) >= 11 is 0. The fourth-order valence-corrected chi connectivity index (χ4v) is 2.51. The van der Waals surface area contributed by atoms with Crippen LogP contribution in [-0.2, 0) is 0 Å². The maximum absolute atomic E-state index is 12.2. The van der Waals surface area contributed by atoms with Gasteiger partial charge in [0.1, 0.15) is 28.9 Å². The van der Waals surface area contributed by atoms with E-state index in [1.54, 1.807) is 12.1 Å². The number of fused-ring (bicyclic) bond motifs is 1. The van der Waals surface area contributed by atoms with Crippen molar-refractivity contribution in [2.24, 2.45) is 0 Å². The number of ether oxygens (including phenoxy) is 2. The molecule has 2 aromatic rings. The van der Waals surface area contributed by atoms with Gasteiger partial charge in [-0.2, -0.15) is 0 Å². The molecule has 0 radical (unpaired) electrons. The number of ketones is 1. The molecule has 1 heterocycles. The van der Waals surface area contributed by atoms with Gasteiger partial charge in [0.15, 0.2) is 17.3 Å². The second kappa shape index (κ2) is 8.47. The molecule has 0 fully saturated rings. The van der Waals surface area contributed by atoms with Crippen LogP contribution in [0, 0.1) is 0 Å². The Morgan fingerprint density at radius 3 is 2.46 bits per heavy atom. The first-order valence-electron chi connectivity index (χ1n) is 6.62. The number of carbonyl (C=O) groups is 1. The number of carbonyl (C=O) groups excluding carboxylic acids is 1. The number of methoxy groups -OCH3 is 1. The Morgan fingerprint density at radius 1 is 1.08 bits per heavy atom. The van der Waals surface area contributed by atoms with Gasteiger partial charge in [0, 0.05) is 12.1 Å². The van der Waals surface area contributed by atoms with Crippen LogP contribution >= 0.6 is 0 Å². The number of hydrogen-bond donors (Lipinski definition) is 3. The van der Waals surface area contributed by atoms with E-state index < -0.39 is 6.10 Å². The van der Waals surface area contributed by atoms with E-state index in [1.165, 1.54) is 19.2 Å². The standard InChI is InChI=1S/C16H14O6.2Na.2H/c1-21-14-4-8(2-3-10(14)18)13-7-12(20)16-11(19)5-9(17)6-15(16)22-13;;;;/h2-6,13,17-19H,7H2,1H3;;;;/t13-;;;;/m0..../s1. The van der Waals surface area contributed by atoms with Crippen molar-refractivity contribution in [3.05, 3.63) is 41.5 Å². The first kappa shape index (κ1) is 21.2. The normalized spacial score (nSPS) is 15.4. The maximum atomic E-state index is 12.2. The molecule has 0 spiro atoms. The molecule has 0 saturated heterocycles. The van der Waals surface area contributed by atoms with Gasteiger partial charge < -0.3 is 24.8 Å². The van der Waals surface area contributed by atoms with E-state index in [0.717, 1.165) is 6.07 Å². The fourth-order valence-electron chi connectivity index (χ4n) is 2.51. The van der Waals surface area contributed by atoms with E-state index in [9.17, 15) is 20.1 Å². The van der Waals surface area contributed by atoms with Crippen molar-refractivity contribution in [3.63, 3.8) is 0 Å². The van der Waals surface area contributed by atoms with Crippen LogP contribution in [0.15, 0.2) is 30.3 Å². The molecular formula is C16H16Na2O6. The van der Waals surface area contributed by atoms with Gasteiger partial charge in [0.05, 0.1) is 13.5 Å². The molecule has 8 heteroatoms. The van der Waals surface area contributed by atoms with E-state index in [0.29, 0.717) is 5.56 Å². The molecule has 1 aliphatic heterocycles. The molecule has 0 unspecified atom stereocenters. The molecule has 6 nitrogen and oxygen atoms in total. The number of hydrogen-bond acceptors (Lipinski definition) is 6. The van der Waals surface area contributed by atoms with E-state index >= 15 is 0 Å². The summed E-state index contributed by atoms with van der Waals surface area (Å²) in [5, 5.41) is 28.9. The average molecular weight is 350 g/mol. The van der Waals surface area contributed by atoms with Gasteiger partial charge in [-0.05, 0) is 17.7 Å². The van der Waals surface area contributed by atoms with Crippen molar-refractivity contribution in [1.29, 1.82) is 0 Å². The molecule has 3 N–H and O–H groups in total. The number of aromatic hydroxyl groups is 3. The number of phenols is 3. The molecule has 1 aliphatic rings. The van der Waals surface area contributed by atoms with Crippen molar-refractivity contribution in [1.82, 2.24) is 0 Å². The third-order valence-corrected chi connectivity index (χ3v) is 3.56. The van der Waals surface area contributed by atoms with E-state index in [-0.39, 0.29) is 106 Å². The van der Waals surface area contributed by atoms with Gasteiger partial charge in [0.2, 0.25) is 0 Å². The molecule has 0 bridgehead atoms. The minimum absolute atomic E-state index is 0. The number of benzene rings is 2. The average Bonchev–Trinajstić information content (AvgIpc) is 2.46. The summed E-state index contributed by atoms with van der Waals surface area (Å²) in [6.45, 7) is 0. The molecular weight excluding hydrogens is 334 g/mol. The van der Waals surface area contributed by atoms with Crippen molar-refractivity contribution in [2.45, 2.75) is 12.5 Å². The van der Waals surface area contributed by atoms with Crippen molar-refractivity contribution < 1.29 is 29.6 Å². The van der Waals surface area contributed by atoms with Gasteiger partial charge in [-0.25, -0.2) is 0 Å².